The van der Waals surface area contributed by atoms with Gasteiger partial charge in [0.05, 0.1) is 23.2 Å². The number of benzene rings is 1. The molecular weight excluding hydrogens is 318 g/mol. The van der Waals surface area contributed by atoms with Crippen molar-refractivity contribution in [3.05, 3.63) is 56.7 Å². The summed E-state index contributed by atoms with van der Waals surface area (Å²) >= 11 is 7.89. The minimum atomic E-state index is -0.219. The lowest BCUT2D eigenvalue weighted by molar-refractivity contribution is 0.0564. The Morgan fingerprint density at radius 3 is 2.77 bits per heavy atom. The Morgan fingerprint density at radius 2 is 2.18 bits per heavy atom. The molecule has 0 fully saturated rings. The second-order valence-electron chi connectivity index (χ2n) is 5.25. The van der Waals surface area contributed by atoms with Crippen molar-refractivity contribution in [2.75, 3.05) is 6.61 Å². The highest BCUT2D eigenvalue weighted by Gasteiger charge is 2.25. The van der Waals surface area contributed by atoms with Gasteiger partial charge in [-0.2, -0.15) is 11.3 Å². The van der Waals surface area contributed by atoms with Crippen LogP contribution in [-0.2, 0) is 6.54 Å². The normalized spacial score (nSPS) is 12.2. The Balaban J connectivity index is 2.34. The fourth-order valence-corrected chi connectivity index (χ4v) is 3.23. The molecule has 0 aliphatic rings. The quantitative estimate of drug-likeness (QED) is 0.861. The smallest absolute Gasteiger partial charge is 0.256 e. The van der Waals surface area contributed by atoms with Crippen LogP contribution in [0.4, 0.5) is 0 Å². The second-order valence-corrected chi connectivity index (χ2v) is 6.40. The summed E-state index contributed by atoms with van der Waals surface area (Å²) in [6.45, 7) is 4.26. The molecule has 1 heterocycles. The van der Waals surface area contributed by atoms with E-state index in [1.807, 2.05) is 42.8 Å². The summed E-state index contributed by atoms with van der Waals surface area (Å²) in [5, 5.41) is 14.1. The lowest BCUT2D eigenvalue weighted by atomic mass is 10.1. The molecule has 0 aliphatic heterocycles. The Morgan fingerprint density at radius 1 is 1.41 bits per heavy atom. The fraction of sp³-hybridized carbons (Fsp3) is 0.353. The summed E-state index contributed by atoms with van der Waals surface area (Å²) in [4.78, 5) is 14.6. The van der Waals surface area contributed by atoms with Crippen molar-refractivity contribution < 1.29 is 9.90 Å². The van der Waals surface area contributed by atoms with E-state index in [2.05, 4.69) is 0 Å². The summed E-state index contributed by atoms with van der Waals surface area (Å²) in [6.07, 6.45) is 0.690. The first kappa shape index (κ1) is 17.0. The minimum Gasteiger partial charge on any atom is -0.394 e. The van der Waals surface area contributed by atoms with Crippen LogP contribution in [0.15, 0.2) is 35.0 Å². The van der Waals surface area contributed by atoms with Gasteiger partial charge in [-0.3, -0.25) is 4.79 Å². The number of halogens is 1. The van der Waals surface area contributed by atoms with Gasteiger partial charge in [0, 0.05) is 6.54 Å². The van der Waals surface area contributed by atoms with Crippen molar-refractivity contribution in [3.8, 4) is 0 Å². The zero-order chi connectivity index (χ0) is 16.1. The highest BCUT2D eigenvalue weighted by atomic mass is 35.5. The summed E-state index contributed by atoms with van der Waals surface area (Å²) in [7, 11) is 0. The lowest BCUT2D eigenvalue weighted by Crippen LogP contribution is -2.41. The summed E-state index contributed by atoms with van der Waals surface area (Å²) in [5.41, 5.74) is 2.43. The van der Waals surface area contributed by atoms with E-state index < -0.39 is 0 Å². The largest absolute Gasteiger partial charge is 0.394 e. The van der Waals surface area contributed by atoms with Gasteiger partial charge in [-0.25, -0.2) is 0 Å². The van der Waals surface area contributed by atoms with Gasteiger partial charge in [0.1, 0.15) is 0 Å². The second kappa shape index (κ2) is 7.77. The van der Waals surface area contributed by atoms with Crippen molar-refractivity contribution in [2.45, 2.75) is 32.9 Å². The Bertz CT molecular complexity index is 624. The van der Waals surface area contributed by atoms with Crippen molar-refractivity contribution in [1.82, 2.24) is 4.90 Å². The van der Waals surface area contributed by atoms with E-state index in [-0.39, 0.29) is 18.6 Å². The molecule has 1 amide bonds. The number of rotatable bonds is 6. The maximum absolute atomic E-state index is 12.9. The minimum absolute atomic E-state index is 0.0597. The maximum Gasteiger partial charge on any atom is 0.256 e. The first-order valence-electron chi connectivity index (χ1n) is 7.26. The molecule has 0 radical (unpaired) electrons. The molecule has 0 saturated carbocycles. The van der Waals surface area contributed by atoms with Gasteiger partial charge in [-0.15, -0.1) is 0 Å². The van der Waals surface area contributed by atoms with Crippen LogP contribution in [0.3, 0.4) is 0 Å². The predicted octanol–water partition coefficient (Wildman–Crippen LogP) is 4.12. The van der Waals surface area contributed by atoms with Gasteiger partial charge < -0.3 is 10.0 Å². The van der Waals surface area contributed by atoms with Crippen LogP contribution < -0.4 is 0 Å². The van der Waals surface area contributed by atoms with Gasteiger partial charge in [-0.05, 0) is 47.4 Å². The van der Waals surface area contributed by atoms with Gasteiger partial charge in [0.15, 0.2) is 0 Å². The Hall–Kier alpha value is -1.36. The zero-order valence-corrected chi connectivity index (χ0v) is 14.3. The number of amides is 1. The van der Waals surface area contributed by atoms with Crippen LogP contribution >= 0.6 is 22.9 Å². The van der Waals surface area contributed by atoms with Crippen LogP contribution in [0.1, 0.15) is 34.8 Å². The molecule has 22 heavy (non-hydrogen) atoms. The van der Waals surface area contributed by atoms with E-state index in [9.17, 15) is 9.90 Å². The predicted molar refractivity (Wildman–Crippen MR) is 91.5 cm³/mol. The molecule has 118 valence electrons. The molecule has 0 unspecified atom stereocenters. The van der Waals surface area contributed by atoms with E-state index in [4.69, 9.17) is 11.6 Å². The van der Waals surface area contributed by atoms with Crippen molar-refractivity contribution in [1.29, 1.82) is 0 Å². The van der Waals surface area contributed by atoms with E-state index in [1.54, 1.807) is 22.3 Å². The zero-order valence-electron chi connectivity index (χ0n) is 12.8. The Kier molecular flexibility index (Phi) is 6.00. The highest BCUT2D eigenvalue weighted by molar-refractivity contribution is 7.07. The lowest BCUT2D eigenvalue weighted by Gasteiger charge is -2.30. The number of aliphatic hydroxyl groups excluding tert-OH is 1. The molecule has 1 aromatic carbocycles. The van der Waals surface area contributed by atoms with E-state index >= 15 is 0 Å². The maximum atomic E-state index is 12.9. The monoisotopic (exact) mass is 337 g/mol. The van der Waals surface area contributed by atoms with Gasteiger partial charge in [0.25, 0.3) is 5.91 Å². The summed E-state index contributed by atoms with van der Waals surface area (Å²) in [5.74, 6) is -0.138. The SMILES string of the molecule is CC[C@H](CO)N(Cc1ccsc1)C(=O)c1cccc(C)c1Cl. The number of aliphatic hydroxyl groups is 1. The number of carbonyl (C=O) groups excluding carboxylic acids is 1. The fourth-order valence-electron chi connectivity index (χ4n) is 2.36. The number of hydrogen-bond acceptors (Lipinski definition) is 3. The molecule has 1 N–H and O–H groups in total. The van der Waals surface area contributed by atoms with Gasteiger partial charge in [0.2, 0.25) is 0 Å². The first-order valence-corrected chi connectivity index (χ1v) is 8.58. The number of nitrogens with zero attached hydrogens (tertiary/aromatic N) is 1. The summed E-state index contributed by atoms with van der Waals surface area (Å²) < 4.78 is 0. The van der Waals surface area contributed by atoms with Crippen LogP contribution in [-0.4, -0.2) is 28.6 Å². The molecule has 0 spiro atoms. The standard InChI is InChI=1S/C17H20ClNO2S/c1-3-14(10-20)19(9-13-7-8-22-11-13)17(21)15-6-4-5-12(2)16(15)18/h4-8,11,14,20H,3,9-10H2,1-2H3/t14-/m1/s1. The van der Waals surface area contributed by atoms with Gasteiger partial charge in [-0.1, -0.05) is 30.7 Å². The average molecular weight is 338 g/mol. The highest BCUT2D eigenvalue weighted by Crippen LogP contribution is 2.24. The Labute approximate surface area is 140 Å². The third-order valence-electron chi connectivity index (χ3n) is 3.74. The first-order chi connectivity index (χ1) is 10.6. The molecule has 1 aromatic heterocycles. The van der Waals surface area contributed by atoms with E-state index in [0.717, 1.165) is 11.1 Å². The molecule has 0 bridgehead atoms. The third-order valence-corrected chi connectivity index (χ3v) is 4.97. The number of carbonyl (C=O) groups is 1. The molecule has 3 nitrogen and oxygen atoms in total. The summed E-state index contributed by atoms with van der Waals surface area (Å²) in [6, 6.07) is 7.22. The third kappa shape index (κ3) is 3.69. The molecular formula is C17H20ClNO2S. The van der Waals surface area contributed by atoms with Crippen molar-refractivity contribution in [2.24, 2.45) is 0 Å². The molecule has 2 aromatic rings. The topological polar surface area (TPSA) is 40.5 Å². The number of aryl methyl sites for hydroxylation is 1. The van der Waals surface area contributed by atoms with Gasteiger partial charge >= 0.3 is 0 Å². The number of hydrogen-bond donors (Lipinski definition) is 1. The van der Waals surface area contributed by atoms with Crippen LogP contribution in [0.2, 0.25) is 5.02 Å². The molecule has 0 saturated heterocycles. The van der Waals surface area contributed by atoms with Crippen LogP contribution in [0, 0.1) is 6.92 Å². The van der Waals surface area contributed by atoms with Crippen LogP contribution in [0.5, 0.6) is 0 Å². The van der Waals surface area contributed by atoms with E-state index in [1.165, 1.54) is 0 Å². The van der Waals surface area contributed by atoms with E-state index in [0.29, 0.717) is 23.6 Å². The number of thiophene rings is 1. The van der Waals surface area contributed by atoms with Crippen molar-refractivity contribution in [3.63, 3.8) is 0 Å². The molecule has 1 atom stereocenters. The van der Waals surface area contributed by atoms with Crippen LogP contribution in [0.25, 0.3) is 0 Å². The van der Waals surface area contributed by atoms with Crippen molar-refractivity contribution >= 4 is 28.8 Å². The molecule has 5 heteroatoms. The average Bonchev–Trinajstić information content (AvgIpc) is 3.02. The molecule has 2 rings (SSSR count). The molecule has 0 aliphatic carbocycles.